The van der Waals surface area contributed by atoms with Gasteiger partial charge in [-0.15, -0.1) is 11.3 Å². The Morgan fingerprint density at radius 1 is 1.04 bits per heavy atom. The highest BCUT2D eigenvalue weighted by atomic mass is 32.1. The lowest BCUT2D eigenvalue weighted by Gasteiger charge is -2.31. The number of hydrogen-bond acceptors (Lipinski definition) is 3. The van der Waals surface area contributed by atoms with Crippen LogP contribution >= 0.6 is 11.3 Å². The second-order valence-corrected chi connectivity index (χ2v) is 8.39. The van der Waals surface area contributed by atoms with Gasteiger partial charge >= 0.3 is 0 Å². The summed E-state index contributed by atoms with van der Waals surface area (Å²) in [6.07, 6.45) is 1.17. The third-order valence-electron chi connectivity index (χ3n) is 4.83. The van der Waals surface area contributed by atoms with Crippen LogP contribution in [0, 0.1) is 12.7 Å². The maximum absolute atomic E-state index is 13.2. The standard InChI is InChI=1S/C22H29FN2O2S/c1-5-16(3)25(21(26)6-2)15-22(27)24(14-20-12-7-17(4)28-20)13-18-8-10-19(23)11-9-18/h7-12,16H,5-6,13-15H2,1-4H3/t16-/m0/s1. The Balaban J connectivity index is 2.21. The second kappa shape index (κ2) is 10.4. The van der Waals surface area contributed by atoms with Crippen LogP contribution in [0.4, 0.5) is 4.39 Å². The Bertz CT molecular complexity index is 788. The van der Waals surface area contributed by atoms with Crippen molar-refractivity contribution in [2.24, 2.45) is 0 Å². The molecule has 2 aromatic rings. The monoisotopic (exact) mass is 404 g/mol. The van der Waals surface area contributed by atoms with Crippen molar-refractivity contribution in [3.63, 3.8) is 0 Å². The van der Waals surface area contributed by atoms with E-state index in [2.05, 4.69) is 0 Å². The van der Waals surface area contributed by atoms with Crippen LogP contribution in [0.3, 0.4) is 0 Å². The van der Waals surface area contributed by atoms with E-state index in [0.29, 0.717) is 19.5 Å². The summed E-state index contributed by atoms with van der Waals surface area (Å²) in [5, 5.41) is 0. The third kappa shape index (κ3) is 6.16. The quantitative estimate of drug-likeness (QED) is 0.604. The molecule has 2 rings (SSSR count). The maximum Gasteiger partial charge on any atom is 0.242 e. The number of rotatable bonds is 9. The summed E-state index contributed by atoms with van der Waals surface area (Å²) in [6, 6.07) is 10.3. The molecule has 0 saturated carbocycles. The number of aryl methyl sites for hydroxylation is 1. The van der Waals surface area contributed by atoms with Gasteiger partial charge in [0.05, 0.1) is 6.54 Å². The molecule has 0 saturated heterocycles. The largest absolute Gasteiger partial charge is 0.332 e. The van der Waals surface area contributed by atoms with E-state index in [0.717, 1.165) is 16.9 Å². The summed E-state index contributed by atoms with van der Waals surface area (Å²) in [5.41, 5.74) is 0.861. The van der Waals surface area contributed by atoms with Gasteiger partial charge in [0.1, 0.15) is 12.4 Å². The molecule has 1 heterocycles. The van der Waals surface area contributed by atoms with Crippen LogP contribution in [-0.4, -0.2) is 34.2 Å². The van der Waals surface area contributed by atoms with E-state index < -0.39 is 0 Å². The molecule has 2 amide bonds. The molecule has 4 nitrogen and oxygen atoms in total. The van der Waals surface area contributed by atoms with Crippen LogP contribution in [0.25, 0.3) is 0 Å². The van der Waals surface area contributed by atoms with Crippen molar-refractivity contribution in [3.8, 4) is 0 Å². The topological polar surface area (TPSA) is 40.6 Å². The molecule has 28 heavy (non-hydrogen) atoms. The van der Waals surface area contributed by atoms with Crippen LogP contribution in [0.5, 0.6) is 0 Å². The predicted octanol–water partition coefficient (Wildman–Crippen LogP) is 4.76. The molecular formula is C22H29FN2O2S. The van der Waals surface area contributed by atoms with Gasteiger partial charge in [-0.25, -0.2) is 4.39 Å². The van der Waals surface area contributed by atoms with E-state index in [9.17, 15) is 14.0 Å². The minimum Gasteiger partial charge on any atom is -0.332 e. The molecule has 0 spiro atoms. The van der Waals surface area contributed by atoms with Crippen LogP contribution in [0.1, 0.15) is 48.9 Å². The van der Waals surface area contributed by atoms with E-state index in [1.54, 1.807) is 33.3 Å². The van der Waals surface area contributed by atoms with Crippen LogP contribution in [-0.2, 0) is 22.7 Å². The Morgan fingerprint density at radius 2 is 1.71 bits per heavy atom. The van der Waals surface area contributed by atoms with Gasteiger partial charge < -0.3 is 9.80 Å². The van der Waals surface area contributed by atoms with Crippen molar-refractivity contribution >= 4 is 23.2 Å². The highest BCUT2D eigenvalue weighted by Gasteiger charge is 2.24. The maximum atomic E-state index is 13.2. The molecule has 0 bridgehead atoms. The summed E-state index contributed by atoms with van der Waals surface area (Å²) in [6.45, 7) is 8.74. The smallest absolute Gasteiger partial charge is 0.242 e. The lowest BCUT2D eigenvalue weighted by atomic mass is 10.2. The van der Waals surface area contributed by atoms with Crippen molar-refractivity contribution in [2.45, 2.75) is 59.7 Å². The molecule has 0 fully saturated rings. The molecule has 1 atom stereocenters. The number of thiophene rings is 1. The van der Waals surface area contributed by atoms with Crippen LogP contribution in [0.2, 0.25) is 0 Å². The fraction of sp³-hybridized carbons (Fsp3) is 0.455. The molecule has 0 unspecified atom stereocenters. The zero-order chi connectivity index (χ0) is 20.7. The molecule has 152 valence electrons. The predicted molar refractivity (Wildman–Crippen MR) is 111 cm³/mol. The molecule has 0 N–H and O–H groups in total. The van der Waals surface area contributed by atoms with Crippen molar-refractivity contribution in [3.05, 3.63) is 57.5 Å². The van der Waals surface area contributed by atoms with Crippen LogP contribution in [0.15, 0.2) is 36.4 Å². The van der Waals surface area contributed by atoms with Gasteiger partial charge in [-0.2, -0.15) is 0 Å². The van der Waals surface area contributed by atoms with E-state index >= 15 is 0 Å². The Morgan fingerprint density at radius 3 is 2.25 bits per heavy atom. The van der Waals surface area contributed by atoms with Crippen molar-refractivity contribution < 1.29 is 14.0 Å². The number of carbonyl (C=O) groups is 2. The lowest BCUT2D eigenvalue weighted by molar-refractivity contribution is -0.142. The number of benzene rings is 1. The average Bonchev–Trinajstić information content (AvgIpc) is 3.10. The van der Waals surface area contributed by atoms with E-state index in [1.165, 1.54) is 17.0 Å². The first-order chi connectivity index (χ1) is 13.3. The molecule has 0 aliphatic carbocycles. The number of carbonyl (C=O) groups excluding carboxylic acids is 2. The SMILES string of the molecule is CCC(=O)N(CC(=O)N(Cc1ccc(F)cc1)Cc1ccc(C)s1)[C@@H](C)CC. The zero-order valence-electron chi connectivity index (χ0n) is 17.1. The van der Waals surface area contributed by atoms with E-state index in [-0.39, 0.29) is 30.2 Å². The average molecular weight is 405 g/mol. The van der Waals surface area contributed by atoms with Crippen molar-refractivity contribution in [2.75, 3.05) is 6.54 Å². The zero-order valence-corrected chi connectivity index (χ0v) is 17.9. The third-order valence-corrected chi connectivity index (χ3v) is 5.82. The van der Waals surface area contributed by atoms with Crippen LogP contribution < -0.4 is 0 Å². The van der Waals surface area contributed by atoms with Crippen molar-refractivity contribution in [1.29, 1.82) is 0 Å². The molecule has 6 heteroatoms. The number of nitrogens with zero attached hydrogens (tertiary/aromatic N) is 2. The van der Waals surface area contributed by atoms with Gasteiger partial charge in [-0.05, 0) is 50.1 Å². The second-order valence-electron chi connectivity index (χ2n) is 7.02. The first kappa shape index (κ1) is 22.1. The number of amides is 2. The van der Waals surface area contributed by atoms with Gasteiger partial charge in [-0.1, -0.05) is 26.0 Å². The van der Waals surface area contributed by atoms with E-state index in [4.69, 9.17) is 0 Å². The normalized spacial score (nSPS) is 11.9. The lowest BCUT2D eigenvalue weighted by Crippen LogP contribution is -2.46. The van der Waals surface area contributed by atoms with E-state index in [1.807, 2.05) is 39.8 Å². The Labute approximate surface area is 171 Å². The molecule has 0 aliphatic heterocycles. The molecule has 0 aliphatic rings. The van der Waals surface area contributed by atoms with Gasteiger partial charge in [0.15, 0.2) is 0 Å². The van der Waals surface area contributed by atoms with Crippen molar-refractivity contribution in [1.82, 2.24) is 9.80 Å². The Hall–Kier alpha value is -2.21. The number of halogens is 1. The number of hydrogen-bond donors (Lipinski definition) is 0. The first-order valence-corrected chi connectivity index (χ1v) is 10.5. The fourth-order valence-corrected chi connectivity index (χ4v) is 3.87. The molecule has 0 radical (unpaired) electrons. The summed E-state index contributed by atoms with van der Waals surface area (Å²) >= 11 is 1.65. The molecule has 1 aromatic heterocycles. The summed E-state index contributed by atoms with van der Waals surface area (Å²) in [4.78, 5) is 31.2. The minimum atomic E-state index is -0.299. The summed E-state index contributed by atoms with van der Waals surface area (Å²) in [7, 11) is 0. The fourth-order valence-electron chi connectivity index (χ4n) is 2.96. The summed E-state index contributed by atoms with van der Waals surface area (Å²) < 4.78 is 13.2. The van der Waals surface area contributed by atoms with Gasteiger partial charge in [0.25, 0.3) is 0 Å². The molecule has 1 aromatic carbocycles. The minimum absolute atomic E-state index is 0.00746. The Kier molecular flexibility index (Phi) is 8.18. The summed E-state index contributed by atoms with van der Waals surface area (Å²) in [5.74, 6) is -0.416. The van der Waals surface area contributed by atoms with Gasteiger partial charge in [-0.3, -0.25) is 9.59 Å². The molecular weight excluding hydrogens is 375 g/mol. The van der Waals surface area contributed by atoms with Gasteiger partial charge in [0.2, 0.25) is 11.8 Å². The highest BCUT2D eigenvalue weighted by molar-refractivity contribution is 7.11. The van der Waals surface area contributed by atoms with Gasteiger partial charge in [0, 0.05) is 28.8 Å². The highest BCUT2D eigenvalue weighted by Crippen LogP contribution is 2.19. The first-order valence-electron chi connectivity index (χ1n) is 9.71.